The average molecular weight is 274 g/mol. The average Bonchev–Trinajstić information content (AvgIpc) is 2.38. The first-order chi connectivity index (χ1) is 8.58. The normalized spacial score (nSPS) is 25.4. The van der Waals surface area contributed by atoms with Gasteiger partial charge in [-0.1, -0.05) is 19.3 Å². The van der Waals surface area contributed by atoms with Crippen molar-refractivity contribution in [2.45, 2.75) is 51.4 Å². The first-order valence-corrected chi connectivity index (χ1v) is 8.87. The van der Waals surface area contributed by atoms with Crippen LogP contribution >= 0.6 is 0 Å². The summed E-state index contributed by atoms with van der Waals surface area (Å²) in [7, 11) is -3.05. The van der Waals surface area contributed by atoms with Crippen molar-refractivity contribution in [2.24, 2.45) is 11.1 Å². The van der Waals surface area contributed by atoms with Crippen LogP contribution in [0.1, 0.15) is 51.4 Å². The molecule has 0 aromatic heterocycles. The Morgan fingerprint density at radius 3 is 2.17 bits per heavy atom. The van der Waals surface area contributed by atoms with Gasteiger partial charge >= 0.3 is 0 Å². The summed E-state index contributed by atoms with van der Waals surface area (Å²) in [6, 6.07) is 0. The lowest BCUT2D eigenvalue weighted by molar-refractivity contribution is 0.102. The fraction of sp³-hybridized carbons (Fsp3) is 1.00. The Morgan fingerprint density at radius 1 is 1.00 bits per heavy atom. The van der Waals surface area contributed by atoms with E-state index in [1.807, 2.05) is 0 Å². The van der Waals surface area contributed by atoms with E-state index in [2.05, 4.69) is 0 Å². The maximum Gasteiger partial charge on any atom is 0.214 e. The van der Waals surface area contributed by atoms with Crippen LogP contribution in [-0.2, 0) is 10.0 Å². The van der Waals surface area contributed by atoms with E-state index in [0.717, 1.165) is 25.9 Å². The summed E-state index contributed by atoms with van der Waals surface area (Å²) in [5.74, 6) is 0.219. The Bertz CT molecular complexity index is 351. The molecule has 1 spiro atoms. The standard InChI is InChI=1S/C13H26N2O2S/c14-9-4-12-18(16,17)15-10-7-13(8-11-15)5-2-1-3-6-13/h1-12,14H2. The van der Waals surface area contributed by atoms with Gasteiger partial charge in [-0.3, -0.25) is 0 Å². The summed E-state index contributed by atoms with van der Waals surface area (Å²) in [5, 5.41) is 0. The minimum absolute atomic E-state index is 0.219. The smallest absolute Gasteiger partial charge is 0.214 e. The van der Waals surface area contributed by atoms with Gasteiger partial charge in [0, 0.05) is 13.1 Å². The second kappa shape index (κ2) is 5.88. The fourth-order valence-corrected chi connectivity index (χ4v) is 4.96. The van der Waals surface area contributed by atoms with Crippen LogP contribution in [0.15, 0.2) is 0 Å². The van der Waals surface area contributed by atoms with Crippen LogP contribution in [0.5, 0.6) is 0 Å². The van der Waals surface area contributed by atoms with Crippen molar-refractivity contribution < 1.29 is 8.42 Å². The molecule has 1 heterocycles. The summed E-state index contributed by atoms with van der Waals surface area (Å²) in [6.45, 7) is 1.91. The highest BCUT2D eigenvalue weighted by molar-refractivity contribution is 7.89. The molecule has 0 bridgehead atoms. The molecular weight excluding hydrogens is 248 g/mol. The minimum atomic E-state index is -3.05. The minimum Gasteiger partial charge on any atom is -0.330 e. The van der Waals surface area contributed by atoms with Crippen LogP contribution in [0.4, 0.5) is 0 Å². The van der Waals surface area contributed by atoms with E-state index in [0.29, 0.717) is 18.4 Å². The van der Waals surface area contributed by atoms with Gasteiger partial charge in [-0.05, 0) is 44.1 Å². The number of nitrogens with zero attached hydrogens (tertiary/aromatic N) is 1. The van der Waals surface area contributed by atoms with E-state index in [-0.39, 0.29) is 5.75 Å². The quantitative estimate of drug-likeness (QED) is 0.849. The maximum absolute atomic E-state index is 12.1. The first-order valence-electron chi connectivity index (χ1n) is 7.26. The van der Waals surface area contributed by atoms with Crippen molar-refractivity contribution in [3.05, 3.63) is 0 Å². The highest BCUT2D eigenvalue weighted by Crippen LogP contribution is 2.44. The van der Waals surface area contributed by atoms with Crippen molar-refractivity contribution in [2.75, 3.05) is 25.4 Å². The van der Waals surface area contributed by atoms with E-state index in [1.165, 1.54) is 32.1 Å². The van der Waals surface area contributed by atoms with Crippen molar-refractivity contribution in [1.82, 2.24) is 4.31 Å². The molecule has 0 amide bonds. The Morgan fingerprint density at radius 2 is 1.61 bits per heavy atom. The molecule has 0 radical (unpaired) electrons. The molecule has 0 aromatic carbocycles. The molecule has 0 aromatic rings. The van der Waals surface area contributed by atoms with Crippen LogP contribution in [0, 0.1) is 5.41 Å². The lowest BCUT2D eigenvalue weighted by Crippen LogP contribution is -2.44. The van der Waals surface area contributed by atoms with Crippen LogP contribution in [0.3, 0.4) is 0 Å². The summed E-state index contributed by atoms with van der Waals surface area (Å²) in [5.41, 5.74) is 5.86. The summed E-state index contributed by atoms with van der Waals surface area (Å²) in [4.78, 5) is 0. The van der Waals surface area contributed by atoms with Crippen LogP contribution in [0.25, 0.3) is 0 Å². The van der Waals surface area contributed by atoms with Crippen molar-refractivity contribution in [3.63, 3.8) is 0 Å². The molecule has 1 saturated heterocycles. The molecule has 4 nitrogen and oxygen atoms in total. The van der Waals surface area contributed by atoms with Crippen molar-refractivity contribution in [3.8, 4) is 0 Å². The number of rotatable bonds is 4. The summed E-state index contributed by atoms with van der Waals surface area (Å²) < 4.78 is 25.9. The van der Waals surface area contributed by atoms with Crippen molar-refractivity contribution >= 4 is 10.0 Å². The van der Waals surface area contributed by atoms with Crippen LogP contribution < -0.4 is 5.73 Å². The van der Waals surface area contributed by atoms with Gasteiger partial charge in [0.15, 0.2) is 0 Å². The lowest BCUT2D eigenvalue weighted by Gasteiger charge is -2.43. The molecule has 2 rings (SSSR count). The second-order valence-electron chi connectivity index (χ2n) is 5.92. The third-order valence-corrected chi connectivity index (χ3v) is 6.65. The molecule has 2 fully saturated rings. The largest absolute Gasteiger partial charge is 0.330 e. The third-order valence-electron chi connectivity index (χ3n) is 4.70. The number of hydrogen-bond donors (Lipinski definition) is 1. The van der Waals surface area contributed by atoms with Gasteiger partial charge in [0.05, 0.1) is 5.75 Å². The number of nitrogens with two attached hydrogens (primary N) is 1. The molecule has 2 N–H and O–H groups in total. The molecule has 1 aliphatic heterocycles. The fourth-order valence-electron chi connectivity index (χ4n) is 3.44. The zero-order chi connectivity index (χ0) is 13.1. The topological polar surface area (TPSA) is 63.4 Å². The van der Waals surface area contributed by atoms with Crippen LogP contribution in [-0.4, -0.2) is 38.1 Å². The van der Waals surface area contributed by atoms with Gasteiger partial charge in [0.25, 0.3) is 0 Å². The van der Waals surface area contributed by atoms with Crippen LogP contribution in [0.2, 0.25) is 0 Å². The molecule has 1 aliphatic carbocycles. The SMILES string of the molecule is NCCCS(=O)(=O)N1CCC2(CCCCC2)CC1. The van der Waals surface area contributed by atoms with Gasteiger partial charge in [-0.25, -0.2) is 12.7 Å². The molecule has 5 heteroatoms. The van der Waals surface area contributed by atoms with Gasteiger partial charge in [-0.2, -0.15) is 0 Å². The van der Waals surface area contributed by atoms with Gasteiger partial charge in [0.1, 0.15) is 0 Å². The molecule has 106 valence electrons. The molecule has 2 aliphatic rings. The van der Waals surface area contributed by atoms with E-state index >= 15 is 0 Å². The highest BCUT2D eigenvalue weighted by Gasteiger charge is 2.38. The third kappa shape index (κ3) is 3.25. The molecular formula is C13H26N2O2S. The predicted octanol–water partition coefficient (Wildman–Crippen LogP) is 1.71. The van der Waals surface area contributed by atoms with E-state index in [9.17, 15) is 8.42 Å². The molecule has 1 saturated carbocycles. The molecule has 18 heavy (non-hydrogen) atoms. The zero-order valence-electron chi connectivity index (χ0n) is 11.2. The molecule has 0 unspecified atom stereocenters. The highest BCUT2D eigenvalue weighted by atomic mass is 32.2. The summed E-state index contributed by atoms with van der Waals surface area (Å²) >= 11 is 0. The Hall–Kier alpha value is -0.130. The van der Waals surface area contributed by atoms with Crippen molar-refractivity contribution in [1.29, 1.82) is 0 Å². The number of sulfonamides is 1. The number of hydrogen-bond acceptors (Lipinski definition) is 3. The van der Waals surface area contributed by atoms with E-state index in [4.69, 9.17) is 5.73 Å². The van der Waals surface area contributed by atoms with Gasteiger partial charge in [0.2, 0.25) is 10.0 Å². The second-order valence-corrected chi connectivity index (χ2v) is 8.01. The number of piperidine rings is 1. The van der Waals surface area contributed by atoms with E-state index < -0.39 is 10.0 Å². The Kier molecular flexibility index (Phi) is 4.67. The maximum atomic E-state index is 12.1. The van der Waals surface area contributed by atoms with Gasteiger partial charge < -0.3 is 5.73 Å². The molecule has 0 atom stereocenters. The van der Waals surface area contributed by atoms with Gasteiger partial charge in [-0.15, -0.1) is 0 Å². The predicted molar refractivity (Wildman–Crippen MR) is 73.8 cm³/mol. The first kappa shape index (κ1) is 14.3. The lowest BCUT2D eigenvalue weighted by atomic mass is 9.68. The monoisotopic (exact) mass is 274 g/mol. The Balaban J connectivity index is 1.89. The summed E-state index contributed by atoms with van der Waals surface area (Å²) in [6.07, 6.45) is 9.35. The zero-order valence-corrected chi connectivity index (χ0v) is 12.1. The Labute approximate surface area is 111 Å². The van der Waals surface area contributed by atoms with E-state index in [1.54, 1.807) is 4.31 Å².